The van der Waals surface area contributed by atoms with Gasteiger partial charge in [0.05, 0.1) is 30.4 Å². The predicted molar refractivity (Wildman–Crippen MR) is 103 cm³/mol. The van der Waals surface area contributed by atoms with Gasteiger partial charge in [-0.1, -0.05) is 6.07 Å². The van der Waals surface area contributed by atoms with Gasteiger partial charge in [-0.3, -0.25) is 4.79 Å². The Morgan fingerprint density at radius 1 is 1.07 bits per heavy atom. The van der Waals surface area contributed by atoms with Crippen LogP contribution in [0.15, 0.2) is 42.5 Å². The first-order valence-corrected chi connectivity index (χ1v) is 8.70. The summed E-state index contributed by atoms with van der Waals surface area (Å²) in [7, 11) is 1.48. The zero-order valence-corrected chi connectivity index (χ0v) is 16.2. The molecule has 1 amide bonds. The number of hydrogen-bond acceptors (Lipinski definition) is 6. The molecular weight excluding hydrogens is 360 g/mol. The zero-order chi connectivity index (χ0) is 20.7. The van der Waals surface area contributed by atoms with E-state index in [0.717, 1.165) is 0 Å². The number of carbonyl (C=O) groups excluding carboxylic acids is 2. The first-order chi connectivity index (χ1) is 13.3. The van der Waals surface area contributed by atoms with Crippen LogP contribution in [0.25, 0.3) is 0 Å². The van der Waals surface area contributed by atoms with E-state index in [0.29, 0.717) is 22.7 Å². The van der Waals surface area contributed by atoms with E-state index < -0.39 is 18.0 Å². The number of rotatable bonds is 7. The van der Waals surface area contributed by atoms with Crippen molar-refractivity contribution in [3.05, 3.63) is 53.6 Å². The highest BCUT2D eigenvalue weighted by Gasteiger charge is 2.20. The lowest BCUT2D eigenvalue weighted by Crippen LogP contribution is -2.30. The number of esters is 1. The maximum absolute atomic E-state index is 12.4. The van der Waals surface area contributed by atoms with Crippen molar-refractivity contribution < 1.29 is 23.8 Å². The standard InChI is InChI=1S/C21H22N2O5/c1-13(2)27-18-9-8-16(11-19(18)26-4)21(25)28-14(3)20(24)23-17-7-5-6-15(10-17)12-22/h5-11,13-14H,1-4H3,(H,23,24). The number of benzene rings is 2. The van der Waals surface area contributed by atoms with E-state index in [9.17, 15) is 9.59 Å². The van der Waals surface area contributed by atoms with Gasteiger partial charge in [-0.05, 0) is 57.2 Å². The van der Waals surface area contributed by atoms with Crippen LogP contribution in [0.5, 0.6) is 11.5 Å². The van der Waals surface area contributed by atoms with Crippen molar-refractivity contribution in [1.29, 1.82) is 5.26 Å². The van der Waals surface area contributed by atoms with Crippen LogP contribution in [-0.2, 0) is 9.53 Å². The molecule has 0 bridgehead atoms. The van der Waals surface area contributed by atoms with Crippen LogP contribution in [0.3, 0.4) is 0 Å². The number of nitriles is 1. The number of amides is 1. The molecule has 0 radical (unpaired) electrons. The van der Waals surface area contributed by atoms with Crippen LogP contribution in [-0.4, -0.2) is 31.2 Å². The van der Waals surface area contributed by atoms with Crippen LogP contribution < -0.4 is 14.8 Å². The van der Waals surface area contributed by atoms with Gasteiger partial charge >= 0.3 is 5.97 Å². The Morgan fingerprint density at radius 2 is 1.82 bits per heavy atom. The van der Waals surface area contributed by atoms with Crippen molar-refractivity contribution in [2.24, 2.45) is 0 Å². The van der Waals surface area contributed by atoms with Crippen LogP contribution in [0.4, 0.5) is 5.69 Å². The molecule has 0 aliphatic rings. The second-order valence-electron chi connectivity index (χ2n) is 6.26. The number of ether oxygens (including phenoxy) is 3. The van der Waals surface area contributed by atoms with Gasteiger partial charge in [-0.25, -0.2) is 4.79 Å². The smallest absolute Gasteiger partial charge is 0.339 e. The summed E-state index contributed by atoms with van der Waals surface area (Å²) in [6, 6.07) is 13.1. The molecule has 0 spiro atoms. The minimum absolute atomic E-state index is 0.0463. The molecule has 0 aliphatic carbocycles. The molecule has 28 heavy (non-hydrogen) atoms. The van der Waals surface area contributed by atoms with E-state index in [-0.39, 0.29) is 11.7 Å². The molecule has 0 heterocycles. The number of methoxy groups -OCH3 is 1. The molecule has 2 aromatic carbocycles. The van der Waals surface area contributed by atoms with Crippen LogP contribution in [0.2, 0.25) is 0 Å². The summed E-state index contributed by atoms with van der Waals surface area (Å²) in [6.07, 6.45) is -1.08. The van der Waals surface area contributed by atoms with E-state index in [4.69, 9.17) is 19.5 Å². The molecule has 2 aromatic rings. The number of nitrogens with zero attached hydrogens (tertiary/aromatic N) is 1. The Balaban J connectivity index is 2.04. The molecule has 146 valence electrons. The van der Waals surface area contributed by atoms with Gasteiger partial charge in [0.15, 0.2) is 17.6 Å². The summed E-state index contributed by atoms with van der Waals surface area (Å²) < 4.78 is 16.1. The van der Waals surface area contributed by atoms with E-state index in [2.05, 4.69) is 5.32 Å². The second kappa shape index (κ2) is 9.42. The van der Waals surface area contributed by atoms with Gasteiger partial charge < -0.3 is 19.5 Å². The monoisotopic (exact) mass is 382 g/mol. The number of carbonyl (C=O) groups is 2. The zero-order valence-electron chi connectivity index (χ0n) is 16.2. The maximum Gasteiger partial charge on any atom is 0.339 e. The number of nitrogens with one attached hydrogen (secondary N) is 1. The fourth-order valence-corrected chi connectivity index (χ4v) is 2.34. The molecular formula is C21H22N2O5. The SMILES string of the molecule is COc1cc(C(=O)OC(C)C(=O)Nc2cccc(C#N)c2)ccc1OC(C)C. The maximum atomic E-state index is 12.4. The average molecular weight is 382 g/mol. The first kappa shape index (κ1) is 20.8. The molecule has 7 nitrogen and oxygen atoms in total. The summed E-state index contributed by atoms with van der Waals surface area (Å²) in [4.78, 5) is 24.6. The highest BCUT2D eigenvalue weighted by atomic mass is 16.5. The third-order valence-corrected chi connectivity index (χ3v) is 3.67. The lowest BCUT2D eigenvalue weighted by atomic mass is 10.2. The van der Waals surface area contributed by atoms with Gasteiger partial charge in [0.2, 0.25) is 0 Å². The fraction of sp³-hybridized carbons (Fsp3) is 0.286. The lowest BCUT2D eigenvalue weighted by Gasteiger charge is -2.16. The second-order valence-corrected chi connectivity index (χ2v) is 6.26. The molecule has 1 unspecified atom stereocenters. The first-order valence-electron chi connectivity index (χ1n) is 8.70. The van der Waals surface area contributed by atoms with Gasteiger partial charge in [0, 0.05) is 5.69 Å². The van der Waals surface area contributed by atoms with Gasteiger partial charge in [0.1, 0.15) is 0 Å². The molecule has 2 rings (SSSR count). The topological polar surface area (TPSA) is 97.6 Å². The molecule has 1 atom stereocenters. The Labute approximate surface area is 163 Å². The molecule has 0 saturated heterocycles. The minimum Gasteiger partial charge on any atom is -0.493 e. The molecule has 7 heteroatoms. The van der Waals surface area contributed by atoms with E-state index in [1.54, 1.807) is 30.3 Å². The summed E-state index contributed by atoms with van der Waals surface area (Å²) >= 11 is 0. The lowest BCUT2D eigenvalue weighted by molar-refractivity contribution is -0.123. The molecule has 0 aliphatic heterocycles. The predicted octanol–water partition coefficient (Wildman–Crippen LogP) is 3.54. The van der Waals surface area contributed by atoms with Crippen molar-refractivity contribution >= 4 is 17.6 Å². The Kier molecular flexibility index (Phi) is 6.99. The summed E-state index contributed by atoms with van der Waals surface area (Å²) in [5.41, 5.74) is 1.10. The average Bonchev–Trinajstić information content (AvgIpc) is 2.67. The van der Waals surface area contributed by atoms with E-state index in [1.807, 2.05) is 19.9 Å². The van der Waals surface area contributed by atoms with Gasteiger partial charge in [-0.2, -0.15) is 5.26 Å². The van der Waals surface area contributed by atoms with Crippen LogP contribution >= 0.6 is 0 Å². The highest BCUT2D eigenvalue weighted by Crippen LogP contribution is 2.29. The fourth-order valence-electron chi connectivity index (χ4n) is 2.34. The third-order valence-electron chi connectivity index (χ3n) is 3.67. The number of anilines is 1. The van der Waals surface area contributed by atoms with Crippen LogP contribution in [0, 0.1) is 11.3 Å². The van der Waals surface area contributed by atoms with E-state index in [1.165, 1.54) is 26.2 Å². The third kappa shape index (κ3) is 5.48. The number of hydrogen-bond donors (Lipinski definition) is 1. The van der Waals surface area contributed by atoms with Gasteiger partial charge in [-0.15, -0.1) is 0 Å². The van der Waals surface area contributed by atoms with Crippen molar-refractivity contribution in [2.45, 2.75) is 33.0 Å². The molecule has 0 saturated carbocycles. The van der Waals surface area contributed by atoms with Crippen molar-refractivity contribution in [1.82, 2.24) is 0 Å². The van der Waals surface area contributed by atoms with Crippen molar-refractivity contribution in [2.75, 3.05) is 12.4 Å². The quantitative estimate of drug-likeness (QED) is 0.736. The Hall–Kier alpha value is -3.53. The van der Waals surface area contributed by atoms with E-state index >= 15 is 0 Å². The minimum atomic E-state index is -1.03. The Bertz CT molecular complexity index is 902. The Morgan fingerprint density at radius 3 is 2.46 bits per heavy atom. The molecule has 1 N–H and O–H groups in total. The van der Waals surface area contributed by atoms with Gasteiger partial charge in [0.25, 0.3) is 5.91 Å². The molecule has 0 fully saturated rings. The van der Waals surface area contributed by atoms with Crippen molar-refractivity contribution in [3.63, 3.8) is 0 Å². The summed E-state index contributed by atoms with van der Waals surface area (Å²) in [5, 5.41) is 11.5. The summed E-state index contributed by atoms with van der Waals surface area (Å²) in [6.45, 7) is 5.23. The highest BCUT2D eigenvalue weighted by molar-refractivity contribution is 5.97. The molecule has 0 aromatic heterocycles. The van der Waals surface area contributed by atoms with Crippen molar-refractivity contribution in [3.8, 4) is 17.6 Å². The van der Waals surface area contributed by atoms with Crippen LogP contribution in [0.1, 0.15) is 36.7 Å². The summed E-state index contributed by atoms with van der Waals surface area (Å²) in [5.74, 6) is -0.260. The largest absolute Gasteiger partial charge is 0.493 e. The normalized spacial score (nSPS) is 11.3.